The average molecular weight is 419 g/mol. The molecule has 0 fully saturated rings. The van der Waals surface area contributed by atoms with Crippen molar-refractivity contribution < 1.29 is 0 Å². The van der Waals surface area contributed by atoms with E-state index in [0.29, 0.717) is 5.02 Å². The Morgan fingerprint density at radius 2 is 1.86 bits per heavy atom. The van der Waals surface area contributed by atoms with Crippen molar-refractivity contribution >= 4 is 67.5 Å². The van der Waals surface area contributed by atoms with Gasteiger partial charge >= 0.3 is 0 Å². The van der Waals surface area contributed by atoms with E-state index in [1.54, 1.807) is 22.7 Å². The number of rotatable bonds is 4. The van der Waals surface area contributed by atoms with E-state index in [2.05, 4.69) is 44.8 Å². The molecule has 0 aliphatic carbocycles. The number of halogens is 3. The highest BCUT2D eigenvalue weighted by Crippen LogP contribution is 2.38. The monoisotopic (exact) mass is 417 g/mol. The molecular weight excluding hydrogens is 409 g/mol. The lowest BCUT2D eigenvalue weighted by atomic mass is 10.2. The summed E-state index contributed by atoms with van der Waals surface area (Å²) in [6.07, 6.45) is 0. The molecule has 0 spiro atoms. The van der Waals surface area contributed by atoms with Gasteiger partial charge in [-0.1, -0.05) is 35.3 Å². The van der Waals surface area contributed by atoms with Crippen LogP contribution in [-0.4, -0.2) is 0 Å². The van der Waals surface area contributed by atoms with Crippen molar-refractivity contribution in [1.82, 2.24) is 0 Å². The minimum absolute atomic E-state index is 0.0669. The number of nitrogens with one attached hydrogen (secondary N) is 1. The summed E-state index contributed by atoms with van der Waals surface area (Å²) >= 11 is 19.1. The molecule has 3 rings (SSSR count). The van der Waals surface area contributed by atoms with Gasteiger partial charge < -0.3 is 5.32 Å². The summed E-state index contributed by atoms with van der Waals surface area (Å²) in [6, 6.07) is 14.0. The Hall–Kier alpha value is -0.520. The van der Waals surface area contributed by atoms with Gasteiger partial charge in [-0.3, -0.25) is 0 Å². The molecule has 2 aromatic heterocycles. The van der Waals surface area contributed by atoms with Crippen molar-refractivity contribution in [3.8, 4) is 0 Å². The summed E-state index contributed by atoms with van der Waals surface area (Å²) in [6.45, 7) is 0. The van der Waals surface area contributed by atoms with Crippen LogP contribution in [0, 0.1) is 0 Å². The van der Waals surface area contributed by atoms with Gasteiger partial charge in [-0.05, 0) is 51.6 Å². The maximum atomic E-state index is 6.17. The third-order valence-electron chi connectivity index (χ3n) is 2.96. The van der Waals surface area contributed by atoms with Crippen molar-refractivity contribution in [1.29, 1.82) is 0 Å². The summed E-state index contributed by atoms with van der Waals surface area (Å²) in [7, 11) is 0. The Bertz CT molecular complexity index is 740. The van der Waals surface area contributed by atoms with E-state index in [4.69, 9.17) is 23.2 Å². The zero-order valence-electron chi connectivity index (χ0n) is 10.6. The van der Waals surface area contributed by atoms with E-state index in [1.165, 1.54) is 9.75 Å². The predicted octanol–water partition coefficient (Wildman–Crippen LogP) is 7.08. The van der Waals surface area contributed by atoms with Crippen LogP contribution in [0.4, 0.5) is 5.69 Å². The van der Waals surface area contributed by atoms with E-state index in [0.717, 1.165) is 14.5 Å². The molecule has 1 nitrogen and oxygen atoms in total. The number of anilines is 1. The maximum Gasteiger partial charge on any atom is 0.0954 e. The van der Waals surface area contributed by atoms with Gasteiger partial charge in [-0.2, -0.15) is 0 Å². The highest BCUT2D eigenvalue weighted by molar-refractivity contribution is 9.10. The smallest absolute Gasteiger partial charge is 0.0954 e. The van der Waals surface area contributed by atoms with Gasteiger partial charge in [0.2, 0.25) is 0 Å². The van der Waals surface area contributed by atoms with Crippen LogP contribution >= 0.6 is 61.8 Å². The fraction of sp³-hybridized carbons (Fsp3) is 0.0667. The van der Waals surface area contributed by atoms with Crippen LogP contribution < -0.4 is 5.32 Å². The molecular formula is C15H10BrCl2NS2. The number of benzene rings is 1. The van der Waals surface area contributed by atoms with Crippen LogP contribution in [0.25, 0.3) is 0 Å². The van der Waals surface area contributed by atoms with Gasteiger partial charge in [-0.15, -0.1) is 22.7 Å². The van der Waals surface area contributed by atoms with Gasteiger partial charge in [0.15, 0.2) is 0 Å². The van der Waals surface area contributed by atoms with Crippen molar-refractivity contribution in [2.45, 2.75) is 6.04 Å². The lowest BCUT2D eigenvalue weighted by molar-refractivity contribution is 0.991. The third kappa shape index (κ3) is 3.46. The van der Waals surface area contributed by atoms with Gasteiger partial charge in [0.25, 0.3) is 0 Å². The highest BCUT2D eigenvalue weighted by atomic mass is 79.9. The molecule has 1 atom stereocenters. The van der Waals surface area contributed by atoms with Crippen molar-refractivity contribution in [3.05, 3.63) is 71.4 Å². The van der Waals surface area contributed by atoms with Crippen molar-refractivity contribution in [2.24, 2.45) is 0 Å². The van der Waals surface area contributed by atoms with Crippen molar-refractivity contribution in [3.63, 3.8) is 0 Å². The lowest BCUT2D eigenvalue weighted by Crippen LogP contribution is -2.10. The number of hydrogen-bond acceptors (Lipinski definition) is 3. The van der Waals surface area contributed by atoms with E-state index < -0.39 is 0 Å². The van der Waals surface area contributed by atoms with Crippen LogP contribution in [0.2, 0.25) is 9.36 Å². The third-order valence-corrected chi connectivity index (χ3v) is 6.59. The van der Waals surface area contributed by atoms with E-state index in [1.807, 2.05) is 24.3 Å². The molecule has 21 heavy (non-hydrogen) atoms. The molecule has 2 heterocycles. The van der Waals surface area contributed by atoms with Crippen LogP contribution in [-0.2, 0) is 0 Å². The molecule has 108 valence electrons. The molecule has 0 bridgehead atoms. The average Bonchev–Trinajstić information content (AvgIpc) is 3.12. The minimum atomic E-state index is 0.0669. The van der Waals surface area contributed by atoms with Crippen LogP contribution in [0.1, 0.15) is 15.8 Å². The molecule has 0 radical (unpaired) electrons. The molecule has 1 N–H and O–H groups in total. The van der Waals surface area contributed by atoms with Gasteiger partial charge in [0, 0.05) is 9.75 Å². The maximum absolute atomic E-state index is 6.17. The Labute approximate surface area is 149 Å². The number of thiophene rings is 2. The fourth-order valence-electron chi connectivity index (χ4n) is 1.99. The summed E-state index contributed by atoms with van der Waals surface area (Å²) in [5.74, 6) is 0. The lowest BCUT2D eigenvalue weighted by Gasteiger charge is -2.19. The molecule has 6 heteroatoms. The Balaban J connectivity index is 1.99. The van der Waals surface area contributed by atoms with Crippen molar-refractivity contribution in [2.75, 3.05) is 5.32 Å². The van der Waals surface area contributed by atoms with Crippen LogP contribution in [0.15, 0.2) is 52.3 Å². The first-order chi connectivity index (χ1) is 10.1. The molecule has 0 amide bonds. The van der Waals surface area contributed by atoms with E-state index >= 15 is 0 Å². The van der Waals surface area contributed by atoms with E-state index in [9.17, 15) is 0 Å². The molecule has 1 unspecified atom stereocenters. The first kappa shape index (κ1) is 15.4. The zero-order valence-corrected chi connectivity index (χ0v) is 15.4. The van der Waals surface area contributed by atoms with Crippen LogP contribution in [0.5, 0.6) is 0 Å². The topological polar surface area (TPSA) is 12.0 Å². The van der Waals surface area contributed by atoms with Crippen LogP contribution in [0.3, 0.4) is 0 Å². The highest BCUT2D eigenvalue weighted by Gasteiger charge is 2.18. The van der Waals surface area contributed by atoms with Gasteiger partial charge in [-0.25, -0.2) is 0 Å². The zero-order chi connectivity index (χ0) is 14.8. The fourth-order valence-corrected chi connectivity index (χ4v) is 4.54. The Morgan fingerprint density at radius 1 is 1.00 bits per heavy atom. The minimum Gasteiger partial charge on any atom is -0.372 e. The molecule has 1 aromatic carbocycles. The standard InChI is InChI=1S/C15H10BrCl2NS2/c16-14-9(17)3-1-4-10(14)19-15(11-5-2-8-20-11)12-6-7-13(18)21-12/h1-8,15,19H. The SMILES string of the molecule is Clc1ccc(C(Nc2cccc(Cl)c2Br)c2cccs2)s1. The number of hydrogen-bond donors (Lipinski definition) is 1. The normalized spacial score (nSPS) is 12.3. The summed E-state index contributed by atoms with van der Waals surface area (Å²) < 4.78 is 1.66. The molecule has 0 saturated carbocycles. The molecule has 0 aliphatic rings. The van der Waals surface area contributed by atoms with Gasteiger partial charge in [0.05, 0.1) is 25.6 Å². The second kappa shape index (κ2) is 6.71. The summed E-state index contributed by atoms with van der Waals surface area (Å²) in [4.78, 5) is 2.41. The Morgan fingerprint density at radius 3 is 2.52 bits per heavy atom. The first-order valence-corrected chi connectivity index (χ1v) is 9.39. The van der Waals surface area contributed by atoms with Gasteiger partial charge in [0.1, 0.15) is 0 Å². The second-order valence-electron chi connectivity index (χ2n) is 4.34. The molecule has 0 aliphatic heterocycles. The quantitative estimate of drug-likeness (QED) is 0.477. The summed E-state index contributed by atoms with van der Waals surface area (Å²) in [5, 5.41) is 6.32. The first-order valence-electron chi connectivity index (χ1n) is 6.14. The van der Waals surface area contributed by atoms with E-state index in [-0.39, 0.29) is 6.04 Å². The predicted molar refractivity (Wildman–Crippen MR) is 98.3 cm³/mol. The largest absolute Gasteiger partial charge is 0.372 e. The molecule has 3 aromatic rings. The second-order valence-corrected chi connectivity index (χ2v) is 8.26. The molecule has 0 saturated heterocycles. The summed E-state index contributed by atoms with van der Waals surface area (Å²) in [5.41, 5.74) is 0.963. The Kier molecular flexibility index (Phi) is 4.92.